The summed E-state index contributed by atoms with van der Waals surface area (Å²) in [7, 11) is 0. The van der Waals surface area contributed by atoms with Gasteiger partial charge in [0.25, 0.3) is 0 Å². The van der Waals surface area contributed by atoms with Crippen LogP contribution in [0.1, 0.15) is 25.2 Å². The smallest absolute Gasteiger partial charge is 0.227 e. The Labute approximate surface area is 190 Å². The van der Waals surface area contributed by atoms with E-state index in [1.54, 1.807) is 36.5 Å². The van der Waals surface area contributed by atoms with Crippen LogP contribution in [0, 0.1) is 5.92 Å². The lowest BCUT2D eigenvalue weighted by Crippen LogP contribution is -2.41. The number of carbonyl (C=O) groups excluding carboxylic acids is 2. The molecule has 1 aliphatic rings. The monoisotopic (exact) mass is 454 g/mol. The van der Waals surface area contributed by atoms with Crippen molar-refractivity contribution in [1.29, 1.82) is 0 Å². The molecule has 3 N–H and O–H groups in total. The number of hydrogen-bond donors (Lipinski definition) is 2. The van der Waals surface area contributed by atoms with Gasteiger partial charge in [-0.25, -0.2) is 4.98 Å². The van der Waals surface area contributed by atoms with Gasteiger partial charge in [-0.2, -0.15) is 4.98 Å². The van der Waals surface area contributed by atoms with E-state index in [0.717, 1.165) is 30.8 Å². The second kappa shape index (κ2) is 9.78. The largest absolute Gasteiger partial charge is 0.369 e. The molecule has 0 saturated carbocycles. The number of halogens is 1. The highest BCUT2D eigenvalue weighted by Crippen LogP contribution is 2.23. The first-order valence-electron chi connectivity index (χ1n) is 10.4. The number of aromatic nitrogens is 3. The molecule has 2 amide bonds. The molecule has 0 aliphatic carbocycles. The zero-order valence-electron chi connectivity index (χ0n) is 17.3. The van der Waals surface area contributed by atoms with E-state index >= 15 is 0 Å². The molecule has 10 heteroatoms. The zero-order chi connectivity index (χ0) is 22.5. The van der Waals surface area contributed by atoms with Crippen molar-refractivity contribution in [3.63, 3.8) is 0 Å². The fourth-order valence-corrected chi connectivity index (χ4v) is 3.71. The van der Waals surface area contributed by atoms with Crippen molar-refractivity contribution in [3.05, 3.63) is 53.5 Å². The van der Waals surface area contributed by atoms with Gasteiger partial charge >= 0.3 is 0 Å². The van der Waals surface area contributed by atoms with Crippen LogP contribution in [0.4, 0.5) is 11.5 Å². The van der Waals surface area contributed by atoms with Crippen LogP contribution in [0.15, 0.2) is 47.1 Å². The number of nitrogens with zero attached hydrogens (tertiary/aromatic N) is 4. The summed E-state index contributed by atoms with van der Waals surface area (Å²) in [6.07, 6.45) is 3.81. The van der Waals surface area contributed by atoms with Crippen LogP contribution >= 0.6 is 11.6 Å². The molecule has 9 nitrogen and oxygen atoms in total. The van der Waals surface area contributed by atoms with Gasteiger partial charge in [-0.1, -0.05) is 16.8 Å². The van der Waals surface area contributed by atoms with Crippen molar-refractivity contribution < 1.29 is 14.1 Å². The van der Waals surface area contributed by atoms with Gasteiger partial charge in [0, 0.05) is 36.5 Å². The summed E-state index contributed by atoms with van der Waals surface area (Å²) in [5.41, 5.74) is 6.82. The summed E-state index contributed by atoms with van der Waals surface area (Å²) in [6, 6.07) is 10.7. The lowest BCUT2D eigenvalue weighted by Gasteiger charge is -2.32. The van der Waals surface area contributed by atoms with E-state index in [2.05, 4.69) is 20.4 Å². The molecule has 2 aromatic heterocycles. The van der Waals surface area contributed by atoms with E-state index in [4.69, 9.17) is 21.9 Å². The van der Waals surface area contributed by atoms with Gasteiger partial charge in [-0.05, 0) is 49.2 Å². The third kappa shape index (κ3) is 5.42. The van der Waals surface area contributed by atoms with E-state index in [1.165, 1.54) is 0 Å². The summed E-state index contributed by atoms with van der Waals surface area (Å²) in [5.74, 6) is 0.975. The molecule has 32 heavy (non-hydrogen) atoms. The molecule has 0 spiro atoms. The maximum absolute atomic E-state index is 12.3. The van der Waals surface area contributed by atoms with E-state index in [0.29, 0.717) is 35.4 Å². The lowest BCUT2D eigenvalue weighted by molar-refractivity contribution is -0.122. The number of anilines is 2. The molecule has 166 valence electrons. The van der Waals surface area contributed by atoms with E-state index in [-0.39, 0.29) is 24.2 Å². The number of benzene rings is 1. The minimum Gasteiger partial charge on any atom is -0.369 e. The standard InChI is InChI=1S/C22H23ClN6O3/c23-16-5-3-14(4-6-16)22-27-20(32-28-22)10-9-19(30)26-17-7-8-18(25-12-17)29-11-1-2-15(13-29)21(24)31/h3-8,12,15H,1-2,9-11,13H2,(H2,24,31)(H,26,30). The lowest BCUT2D eigenvalue weighted by atomic mass is 9.97. The molecule has 4 rings (SSSR count). The van der Waals surface area contributed by atoms with Crippen molar-refractivity contribution >= 4 is 34.9 Å². The first-order valence-corrected chi connectivity index (χ1v) is 10.7. The maximum atomic E-state index is 12.3. The van der Waals surface area contributed by atoms with E-state index < -0.39 is 0 Å². The van der Waals surface area contributed by atoms with Gasteiger partial charge in [0.1, 0.15) is 5.82 Å². The summed E-state index contributed by atoms with van der Waals surface area (Å²) < 4.78 is 5.23. The number of aryl methyl sites for hydroxylation is 1. The van der Waals surface area contributed by atoms with Gasteiger partial charge in [0.15, 0.2) is 0 Å². The number of primary amides is 1. The Morgan fingerprint density at radius 3 is 2.75 bits per heavy atom. The highest BCUT2D eigenvalue weighted by atomic mass is 35.5. The Morgan fingerprint density at radius 1 is 1.22 bits per heavy atom. The number of pyridine rings is 1. The van der Waals surface area contributed by atoms with Gasteiger partial charge < -0.3 is 20.5 Å². The van der Waals surface area contributed by atoms with Crippen LogP contribution in [-0.4, -0.2) is 40.0 Å². The third-order valence-corrected chi connectivity index (χ3v) is 5.57. The molecule has 1 saturated heterocycles. The molecule has 0 radical (unpaired) electrons. The molecule has 1 aliphatic heterocycles. The van der Waals surface area contributed by atoms with Crippen LogP contribution in [0.25, 0.3) is 11.4 Å². The van der Waals surface area contributed by atoms with Crippen molar-refractivity contribution in [1.82, 2.24) is 15.1 Å². The highest BCUT2D eigenvalue weighted by Gasteiger charge is 2.24. The third-order valence-electron chi connectivity index (χ3n) is 5.32. The Hall–Kier alpha value is -3.46. The molecule has 1 atom stereocenters. The maximum Gasteiger partial charge on any atom is 0.227 e. The normalized spacial score (nSPS) is 16.0. The average molecular weight is 455 g/mol. The van der Waals surface area contributed by atoms with Crippen LogP contribution in [-0.2, 0) is 16.0 Å². The highest BCUT2D eigenvalue weighted by molar-refractivity contribution is 6.30. The summed E-state index contributed by atoms with van der Waals surface area (Å²) in [6.45, 7) is 1.39. The number of hydrogen-bond acceptors (Lipinski definition) is 7. The van der Waals surface area contributed by atoms with Crippen molar-refractivity contribution in [2.45, 2.75) is 25.7 Å². The molecule has 1 fully saturated rings. The SMILES string of the molecule is NC(=O)C1CCCN(c2ccc(NC(=O)CCc3nc(-c4ccc(Cl)cc4)no3)cn2)C1. The first kappa shape index (κ1) is 21.8. The number of piperidine rings is 1. The van der Waals surface area contributed by atoms with Crippen LogP contribution in [0.2, 0.25) is 5.02 Å². The van der Waals surface area contributed by atoms with Gasteiger partial charge in [0.2, 0.25) is 23.5 Å². The average Bonchev–Trinajstić information content (AvgIpc) is 3.28. The van der Waals surface area contributed by atoms with Gasteiger partial charge in [0.05, 0.1) is 17.8 Å². The Morgan fingerprint density at radius 2 is 2.03 bits per heavy atom. The quantitative estimate of drug-likeness (QED) is 0.561. The molecular weight excluding hydrogens is 432 g/mol. The topological polar surface area (TPSA) is 127 Å². The fraction of sp³-hybridized carbons (Fsp3) is 0.318. The number of nitrogens with two attached hydrogens (primary N) is 1. The molecule has 1 unspecified atom stereocenters. The van der Waals surface area contributed by atoms with E-state index in [1.807, 2.05) is 11.0 Å². The predicted molar refractivity (Wildman–Crippen MR) is 120 cm³/mol. The fourth-order valence-electron chi connectivity index (χ4n) is 3.58. The van der Waals surface area contributed by atoms with Gasteiger partial charge in [-0.15, -0.1) is 0 Å². The minimum absolute atomic E-state index is 0.158. The summed E-state index contributed by atoms with van der Waals surface area (Å²) in [5, 5.41) is 7.39. The Kier molecular flexibility index (Phi) is 6.65. The van der Waals surface area contributed by atoms with Crippen LogP contribution < -0.4 is 16.0 Å². The number of amides is 2. The number of carbonyl (C=O) groups is 2. The van der Waals surface area contributed by atoms with Crippen molar-refractivity contribution in [3.8, 4) is 11.4 Å². The predicted octanol–water partition coefficient (Wildman–Crippen LogP) is 3.06. The Balaban J connectivity index is 1.28. The number of rotatable bonds is 7. The van der Waals surface area contributed by atoms with Crippen LogP contribution in [0.3, 0.4) is 0 Å². The van der Waals surface area contributed by atoms with Crippen molar-refractivity contribution in [2.75, 3.05) is 23.3 Å². The molecule has 1 aromatic carbocycles. The summed E-state index contributed by atoms with van der Waals surface area (Å²) in [4.78, 5) is 34.5. The second-order valence-corrected chi connectivity index (χ2v) is 8.10. The summed E-state index contributed by atoms with van der Waals surface area (Å²) >= 11 is 5.89. The molecular formula is C22H23ClN6O3. The molecule has 3 heterocycles. The zero-order valence-corrected chi connectivity index (χ0v) is 18.1. The van der Waals surface area contributed by atoms with Gasteiger partial charge in [-0.3, -0.25) is 9.59 Å². The molecule has 3 aromatic rings. The first-order chi connectivity index (χ1) is 15.5. The molecule has 0 bridgehead atoms. The van der Waals surface area contributed by atoms with Crippen LogP contribution in [0.5, 0.6) is 0 Å². The minimum atomic E-state index is -0.278. The Bertz CT molecular complexity index is 1080. The van der Waals surface area contributed by atoms with Crippen molar-refractivity contribution in [2.24, 2.45) is 11.7 Å². The number of nitrogens with one attached hydrogen (secondary N) is 1. The van der Waals surface area contributed by atoms with E-state index in [9.17, 15) is 9.59 Å². The second-order valence-electron chi connectivity index (χ2n) is 7.66.